The molecule has 6 nitrogen and oxygen atoms in total. The van der Waals surface area contributed by atoms with E-state index in [-0.39, 0.29) is 16.9 Å². The highest BCUT2D eigenvalue weighted by Crippen LogP contribution is 2.66. The van der Waals surface area contributed by atoms with Gasteiger partial charge in [0.25, 0.3) is 0 Å². The molecule has 3 N–H and O–H groups in total. The third kappa shape index (κ3) is 4.82. The first kappa shape index (κ1) is 25.3. The van der Waals surface area contributed by atoms with E-state index in [1.54, 1.807) is 25.3 Å². The zero-order valence-corrected chi connectivity index (χ0v) is 21.0. The van der Waals surface area contributed by atoms with E-state index in [2.05, 4.69) is 0 Å². The average Bonchev–Trinajstić information content (AvgIpc) is 3.56. The predicted molar refractivity (Wildman–Crippen MR) is 134 cm³/mol. The fraction of sp³-hybridized carbons (Fsp3) is 0.500. The minimum absolute atomic E-state index is 0.0616. The van der Waals surface area contributed by atoms with Crippen LogP contribution >= 0.6 is 11.6 Å². The molecule has 4 aliphatic carbocycles. The summed E-state index contributed by atoms with van der Waals surface area (Å²) in [4.78, 5) is 16.1. The number of carboxylic acids is 1. The Morgan fingerprint density at radius 3 is 2.58 bits per heavy atom. The number of aliphatic carboxylic acids is 1. The number of rotatable bonds is 11. The van der Waals surface area contributed by atoms with Gasteiger partial charge in [-0.3, -0.25) is 9.78 Å². The van der Waals surface area contributed by atoms with Crippen molar-refractivity contribution in [2.24, 2.45) is 5.92 Å². The molecule has 1 aromatic heterocycles. The SMILES string of the molecule is COCc1c(C23CC(C2)C3)nc(C2CC2)c(/C=C/[C@@H](O)C[C@@H](O)CC(=O)O)c1-c1ccc(F)cc1Cl. The zero-order valence-electron chi connectivity index (χ0n) is 20.2. The molecule has 0 amide bonds. The van der Waals surface area contributed by atoms with Gasteiger partial charge in [0.05, 0.1) is 41.6 Å². The van der Waals surface area contributed by atoms with E-state index in [4.69, 9.17) is 26.4 Å². The monoisotopic (exact) mass is 515 g/mol. The van der Waals surface area contributed by atoms with Crippen LogP contribution < -0.4 is 0 Å². The van der Waals surface area contributed by atoms with Gasteiger partial charge in [-0.2, -0.15) is 0 Å². The minimum atomic E-state index is -1.16. The molecular formula is C28H31ClFNO5. The average molecular weight is 516 g/mol. The Morgan fingerprint density at radius 2 is 2.03 bits per heavy atom. The van der Waals surface area contributed by atoms with Crippen LogP contribution in [0.15, 0.2) is 24.3 Å². The highest BCUT2D eigenvalue weighted by molar-refractivity contribution is 6.33. The molecule has 1 heterocycles. The lowest BCUT2D eigenvalue weighted by Gasteiger charge is -2.62. The van der Waals surface area contributed by atoms with Crippen molar-refractivity contribution >= 4 is 23.6 Å². The molecule has 2 atom stereocenters. The summed E-state index contributed by atoms with van der Waals surface area (Å²) < 4.78 is 19.6. The second-order valence-electron chi connectivity index (χ2n) is 10.6. The Labute approximate surface area is 214 Å². The number of ether oxygens (including phenoxy) is 1. The van der Waals surface area contributed by atoms with Crippen molar-refractivity contribution in [1.29, 1.82) is 0 Å². The summed E-state index contributed by atoms with van der Waals surface area (Å²) >= 11 is 6.60. The summed E-state index contributed by atoms with van der Waals surface area (Å²) in [6.45, 7) is 0.323. The summed E-state index contributed by atoms with van der Waals surface area (Å²) in [6.07, 6.45) is 5.99. The maximum Gasteiger partial charge on any atom is 0.305 e. The van der Waals surface area contributed by atoms with Gasteiger partial charge in [-0.05, 0) is 61.8 Å². The molecule has 0 spiro atoms. The van der Waals surface area contributed by atoms with Crippen LogP contribution in [0.5, 0.6) is 0 Å². The van der Waals surface area contributed by atoms with Gasteiger partial charge in [0.15, 0.2) is 0 Å². The Bertz CT molecular complexity index is 1190. The lowest BCUT2D eigenvalue weighted by atomic mass is 9.42. The summed E-state index contributed by atoms with van der Waals surface area (Å²) in [5, 5.41) is 29.7. The second kappa shape index (κ2) is 9.86. The largest absolute Gasteiger partial charge is 0.481 e. The highest BCUT2D eigenvalue weighted by Gasteiger charge is 2.59. The number of nitrogens with zero attached hydrogens (tertiary/aromatic N) is 1. The van der Waals surface area contributed by atoms with E-state index in [1.165, 1.54) is 12.1 Å². The number of methoxy groups -OCH3 is 1. The lowest BCUT2D eigenvalue weighted by molar-refractivity contribution is -0.139. The molecule has 0 unspecified atom stereocenters. The van der Waals surface area contributed by atoms with E-state index < -0.39 is 30.4 Å². The van der Waals surface area contributed by atoms with Crippen molar-refractivity contribution in [3.8, 4) is 11.1 Å². The van der Waals surface area contributed by atoms with E-state index in [0.717, 1.165) is 66.1 Å². The van der Waals surface area contributed by atoms with Crippen LogP contribution in [0.1, 0.15) is 73.4 Å². The molecule has 4 saturated carbocycles. The molecule has 1 aromatic carbocycles. The Kier molecular flexibility index (Phi) is 6.94. The lowest BCUT2D eigenvalue weighted by Crippen LogP contribution is -2.56. The third-order valence-electron chi connectivity index (χ3n) is 7.77. The fourth-order valence-electron chi connectivity index (χ4n) is 5.84. The Hall–Kier alpha value is -2.32. The van der Waals surface area contributed by atoms with Gasteiger partial charge in [-0.25, -0.2) is 4.39 Å². The first-order valence-electron chi connectivity index (χ1n) is 12.5. The summed E-state index contributed by atoms with van der Waals surface area (Å²) in [6, 6.07) is 4.37. The molecule has 0 saturated heterocycles. The van der Waals surface area contributed by atoms with Gasteiger partial charge in [-0.1, -0.05) is 23.8 Å². The quantitative estimate of drug-likeness (QED) is 0.379. The topological polar surface area (TPSA) is 99.9 Å². The van der Waals surface area contributed by atoms with Crippen LogP contribution in [0.4, 0.5) is 4.39 Å². The fourth-order valence-corrected chi connectivity index (χ4v) is 6.10. The molecule has 6 rings (SSSR count). The molecule has 0 aliphatic heterocycles. The molecule has 192 valence electrons. The van der Waals surface area contributed by atoms with Crippen LogP contribution in [0.3, 0.4) is 0 Å². The van der Waals surface area contributed by atoms with Crippen LogP contribution in [-0.2, 0) is 21.6 Å². The molecule has 36 heavy (non-hydrogen) atoms. The number of carbonyl (C=O) groups is 1. The number of hydrogen-bond acceptors (Lipinski definition) is 5. The van der Waals surface area contributed by atoms with Crippen LogP contribution in [0, 0.1) is 11.7 Å². The van der Waals surface area contributed by atoms with Gasteiger partial charge in [0.1, 0.15) is 5.82 Å². The number of carboxylic acid groups (broad SMARTS) is 1. The standard InChI is InChI=1S/C28H31ClFNO5/c1-36-14-22-25(20-6-4-17(30)8-23(20)29)21(7-5-18(32)9-19(33)10-24(34)35)26(16-2-3-16)31-27(22)28-11-15(12-28)13-28/h4-8,15-16,18-19,32-33H,2-3,9-14H2,1H3,(H,34,35)/b7-5+/t15?,18-,19-,28?/m1/s1. The highest BCUT2D eigenvalue weighted by atomic mass is 35.5. The van der Waals surface area contributed by atoms with Crippen molar-refractivity contribution in [1.82, 2.24) is 4.98 Å². The first-order chi connectivity index (χ1) is 17.2. The van der Waals surface area contributed by atoms with Crippen molar-refractivity contribution in [2.75, 3.05) is 7.11 Å². The second-order valence-corrected chi connectivity index (χ2v) is 11.0. The Morgan fingerprint density at radius 1 is 1.31 bits per heavy atom. The van der Waals surface area contributed by atoms with Gasteiger partial charge < -0.3 is 20.1 Å². The molecule has 4 fully saturated rings. The summed E-state index contributed by atoms with van der Waals surface area (Å²) in [5.41, 5.74) is 5.33. The number of halogens is 2. The predicted octanol–water partition coefficient (Wildman–Crippen LogP) is 5.22. The number of benzene rings is 1. The number of aromatic nitrogens is 1. The first-order valence-corrected chi connectivity index (χ1v) is 12.9. The third-order valence-corrected chi connectivity index (χ3v) is 8.08. The van der Waals surface area contributed by atoms with E-state index in [0.29, 0.717) is 18.1 Å². The van der Waals surface area contributed by atoms with Crippen LogP contribution in [-0.4, -0.2) is 45.6 Å². The van der Waals surface area contributed by atoms with Gasteiger partial charge in [0, 0.05) is 41.6 Å². The number of hydrogen-bond donors (Lipinski definition) is 3. The van der Waals surface area contributed by atoms with Crippen molar-refractivity contribution < 1.29 is 29.2 Å². The van der Waals surface area contributed by atoms with Crippen LogP contribution in [0.2, 0.25) is 5.02 Å². The molecule has 4 aliphatic rings. The number of aliphatic hydroxyl groups excluding tert-OH is 2. The van der Waals surface area contributed by atoms with Gasteiger partial charge >= 0.3 is 5.97 Å². The maximum atomic E-state index is 14.0. The van der Waals surface area contributed by atoms with Gasteiger partial charge in [0.2, 0.25) is 0 Å². The molecule has 0 radical (unpaired) electrons. The number of pyridine rings is 1. The molecular weight excluding hydrogens is 485 g/mol. The number of aliphatic hydroxyl groups is 2. The molecule has 8 heteroatoms. The van der Waals surface area contributed by atoms with E-state index in [9.17, 15) is 19.4 Å². The van der Waals surface area contributed by atoms with Gasteiger partial charge in [-0.15, -0.1) is 0 Å². The summed E-state index contributed by atoms with van der Waals surface area (Å²) in [5.74, 6) is -0.495. The zero-order chi connectivity index (χ0) is 25.6. The van der Waals surface area contributed by atoms with Crippen molar-refractivity contribution in [2.45, 2.75) is 75.1 Å². The van der Waals surface area contributed by atoms with Crippen molar-refractivity contribution in [3.63, 3.8) is 0 Å². The minimum Gasteiger partial charge on any atom is -0.481 e. The van der Waals surface area contributed by atoms with E-state index in [1.807, 2.05) is 0 Å². The molecule has 2 aromatic rings. The Balaban J connectivity index is 1.64. The smallest absolute Gasteiger partial charge is 0.305 e. The van der Waals surface area contributed by atoms with Crippen molar-refractivity contribution in [3.05, 3.63) is 57.6 Å². The summed E-state index contributed by atoms with van der Waals surface area (Å²) in [7, 11) is 1.64. The van der Waals surface area contributed by atoms with E-state index >= 15 is 0 Å². The maximum absolute atomic E-state index is 14.0. The molecule has 2 bridgehead atoms. The normalized spacial score (nSPS) is 24.3. The van der Waals surface area contributed by atoms with Crippen LogP contribution in [0.25, 0.3) is 17.2 Å².